The lowest BCUT2D eigenvalue weighted by atomic mass is 9.86. The highest BCUT2D eigenvalue weighted by atomic mass is 32.2. The van der Waals surface area contributed by atoms with Gasteiger partial charge in [0.15, 0.2) is 0 Å². The molecule has 7 heteroatoms. The van der Waals surface area contributed by atoms with Gasteiger partial charge in [0.1, 0.15) is 0 Å². The zero-order chi connectivity index (χ0) is 20.5. The predicted octanol–water partition coefficient (Wildman–Crippen LogP) is 2.75. The Balaban J connectivity index is 1.66. The number of benzene rings is 1. The molecule has 1 aromatic rings. The molecule has 1 N–H and O–H groups in total. The maximum atomic E-state index is 13.0. The molecule has 1 fully saturated rings. The highest BCUT2D eigenvalue weighted by Gasteiger charge is 2.36. The fourth-order valence-electron chi connectivity index (χ4n) is 4.27. The van der Waals surface area contributed by atoms with E-state index in [4.69, 9.17) is 0 Å². The molecular formula is C21H30N2O4S. The summed E-state index contributed by atoms with van der Waals surface area (Å²) in [7, 11) is -1.91. The molecule has 28 heavy (non-hydrogen) atoms. The Bertz CT molecular complexity index is 852. The van der Waals surface area contributed by atoms with Crippen LogP contribution in [0.1, 0.15) is 31.7 Å². The number of carboxylic acid groups (broad SMARTS) is 1. The summed E-state index contributed by atoms with van der Waals surface area (Å²) >= 11 is 0. The summed E-state index contributed by atoms with van der Waals surface area (Å²) in [6.07, 6.45) is 6.68. The first kappa shape index (κ1) is 21.0. The van der Waals surface area contributed by atoms with Gasteiger partial charge >= 0.3 is 5.97 Å². The average Bonchev–Trinajstić information content (AvgIpc) is 3.17. The fraction of sp³-hybridized carbons (Fsp3) is 0.571. The van der Waals surface area contributed by atoms with Crippen molar-refractivity contribution >= 4 is 16.0 Å². The lowest BCUT2D eigenvalue weighted by Crippen LogP contribution is -2.45. The summed E-state index contributed by atoms with van der Waals surface area (Å²) in [5.41, 5.74) is 0.918. The Labute approximate surface area is 167 Å². The van der Waals surface area contributed by atoms with E-state index < -0.39 is 16.0 Å². The van der Waals surface area contributed by atoms with Crippen molar-refractivity contribution in [2.75, 3.05) is 20.1 Å². The lowest BCUT2D eigenvalue weighted by Gasteiger charge is -2.38. The molecule has 1 aliphatic heterocycles. The van der Waals surface area contributed by atoms with Crippen LogP contribution < -0.4 is 0 Å². The van der Waals surface area contributed by atoms with Gasteiger partial charge < -0.3 is 5.11 Å². The van der Waals surface area contributed by atoms with Gasteiger partial charge in [0.05, 0.1) is 10.8 Å². The molecule has 1 saturated heterocycles. The van der Waals surface area contributed by atoms with Gasteiger partial charge in [-0.05, 0) is 56.3 Å². The summed E-state index contributed by atoms with van der Waals surface area (Å²) in [6.45, 7) is 5.35. The molecule has 0 radical (unpaired) electrons. The standard InChI is InChI=1S/C21H30N2O4S/c1-15-6-4-8-20(12-15)28(26,27)22(3)18-9-10-19(13-18)23-11-5-7-17(14-23)16(2)21(24)25/h4,6,8-10,12,16-19H,5,7,11,13-14H2,1-3H3,(H,24,25). The van der Waals surface area contributed by atoms with Gasteiger partial charge in [0, 0.05) is 25.7 Å². The smallest absolute Gasteiger partial charge is 0.306 e. The van der Waals surface area contributed by atoms with Crippen molar-refractivity contribution in [1.29, 1.82) is 0 Å². The second-order valence-corrected chi connectivity index (χ2v) is 10.1. The number of carbonyl (C=O) groups is 1. The zero-order valence-electron chi connectivity index (χ0n) is 16.8. The molecule has 1 heterocycles. The number of rotatable bonds is 6. The van der Waals surface area contributed by atoms with Gasteiger partial charge in [-0.3, -0.25) is 9.69 Å². The van der Waals surface area contributed by atoms with E-state index in [-0.39, 0.29) is 23.9 Å². The molecule has 0 aromatic heterocycles. The monoisotopic (exact) mass is 406 g/mol. The van der Waals surface area contributed by atoms with Gasteiger partial charge in [-0.15, -0.1) is 0 Å². The van der Waals surface area contributed by atoms with E-state index in [0.29, 0.717) is 11.3 Å². The molecule has 0 bridgehead atoms. The number of hydrogen-bond acceptors (Lipinski definition) is 4. The van der Waals surface area contributed by atoms with Gasteiger partial charge in [-0.2, -0.15) is 4.31 Å². The van der Waals surface area contributed by atoms with Crippen molar-refractivity contribution in [1.82, 2.24) is 9.21 Å². The highest BCUT2D eigenvalue weighted by molar-refractivity contribution is 7.89. The van der Waals surface area contributed by atoms with Crippen molar-refractivity contribution in [3.63, 3.8) is 0 Å². The topological polar surface area (TPSA) is 77.9 Å². The first-order valence-corrected chi connectivity index (χ1v) is 11.3. The van der Waals surface area contributed by atoms with E-state index >= 15 is 0 Å². The summed E-state index contributed by atoms with van der Waals surface area (Å²) < 4.78 is 27.4. The summed E-state index contributed by atoms with van der Waals surface area (Å²) in [6, 6.07) is 6.95. The largest absolute Gasteiger partial charge is 0.481 e. The Kier molecular flexibility index (Phi) is 6.27. The molecule has 4 atom stereocenters. The molecule has 154 valence electrons. The Hall–Kier alpha value is -1.70. The molecule has 0 saturated carbocycles. The van der Waals surface area contributed by atoms with Crippen LogP contribution in [-0.4, -0.2) is 60.9 Å². The average molecular weight is 407 g/mol. The molecule has 3 rings (SSSR count). The first-order valence-electron chi connectivity index (χ1n) is 9.90. The summed E-state index contributed by atoms with van der Waals surface area (Å²) in [5.74, 6) is -0.948. The number of sulfonamides is 1. The van der Waals surface area contributed by atoms with Crippen molar-refractivity contribution in [2.45, 2.75) is 50.1 Å². The van der Waals surface area contributed by atoms with E-state index in [1.807, 2.05) is 19.1 Å². The maximum Gasteiger partial charge on any atom is 0.306 e. The molecule has 2 aliphatic rings. The third-order valence-corrected chi connectivity index (χ3v) is 8.11. The SMILES string of the molecule is Cc1cccc(S(=O)(=O)N(C)C2C=CC(N3CCCC(C(C)C(=O)O)C3)C2)c1. The number of nitrogens with zero attached hydrogens (tertiary/aromatic N) is 2. The third-order valence-electron chi connectivity index (χ3n) is 6.23. The zero-order valence-corrected chi connectivity index (χ0v) is 17.6. The lowest BCUT2D eigenvalue weighted by molar-refractivity contribution is -0.143. The molecule has 6 nitrogen and oxygen atoms in total. The minimum absolute atomic E-state index is 0.146. The van der Waals surface area contributed by atoms with Gasteiger partial charge in [0.2, 0.25) is 10.0 Å². The number of likely N-dealkylation sites (tertiary alicyclic amines) is 1. The van der Waals surface area contributed by atoms with Gasteiger partial charge in [-0.1, -0.05) is 31.2 Å². The summed E-state index contributed by atoms with van der Waals surface area (Å²) in [4.78, 5) is 14.0. The summed E-state index contributed by atoms with van der Waals surface area (Å²) in [5, 5.41) is 9.31. The fourth-order valence-corrected chi connectivity index (χ4v) is 5.70. The molecular weight excluding hydrogens is 376 g/mol. The normalized spacial score (nSPS) is 27.2. The van der Waals surface area contributed by atoms with Crippen molar-refractivity contribution in [3.05, 3.63) is 42.0 Å². The molecule has 0 amide bonds. The number of aryl methyl sites for hydroxylation is 1. The van der Waals surface area contributed by atoms with Crippen LogP contribution in [0.4, 0.5) is 0 Å². The van der Waals surface area contributed by atoms with Crippen molar-refractivity contribution < 1.29 is 18.3 Å². The van der Waals surface area contributed by atoms with Gasteiger partial charge in [-0.25, -0.2) is 8.42 Å². The van der Waals surface area contributed by atoms with E-state index in [0.717, 1.165) is 31.5 Å². The van der Waals surface area contributed by atoms with E-state index in [2.05, 4.69) is 11.0 Å². The maximum absolute atomic E-state index is 13.0. The first-order chi connectivity index (χ1) is 13.2. The van der Waals surface area contributed by atoms with Crippen LogP contribution in [0.2, 0.25) is 0 Å². The predicted molar refractivity (Wildman–Crippen MR) is 109 cm³/mol. The molecule has 1 aromatic carbocycles. The number of likely N-dealkylation sites (N-methyl/N-ethyl adjacent to an activating group) is 1. The van der Waals surface area contributed by atoms with E-state index in [1.54, 1.807) is 32.2 Å². The molecule has 4 unspecified atom stereocenters. The second-order valence-electron chi connectivity index (χ2n) is 8.12. The quantitative estimate of drug-likeness (QED) is 0.735. The van der Waals surface area contributed by atoms with Crippen molar-refractivity contribution in [2.24, 2.45) is 11.8 Å². The second kappa shape index (κ2) is 8.35. The minimum Gasteiger partial charge on any atom is -0.481 e. The van der Waals surface area contributed by atoms with Gasteiger partial charge in [0.25, 0.3) is 0 Å². The van der Waals surface area contributed by atoms with E-state index in [1.165, 1.54) is 4.31 Å². The number of carboxylic acids is 1. The Morgan fingerprint density at radius 2 is 2.07 bits per heavy atom. The number of piperidine rings is 1. The molecule has 0 spiro atoms. The Morgan fingerprint density at radius 3 is 2.75 bits per heavy atom. The van der Waals surface area contributed by atoms with Crippen LogP contribution in [0.5, 0.6) is 0 Å². The van der Waals surface area contributed by atoms with Crippen LogP contribution in [-0.2, 0) is 14.8 Å². The number of aliphatic carboxylic acids is 1. The minimum atomic E-state index is -3.55. The van der Waals surface area contributed by atoms with Crippen LogP contribution in [0, 0.1) is 18.8 Å². The van der Waals surface area contributed by atoms with Crippen LogP contribution in [0.15, 0.2) is 41.3 Å². The van der Waals surface area contributed by atoms with Crippen LogP contribution in [0.3, 0.4) is 0 Å². The highest BCUT2D eigenvalue weighted by Crippen LogP contribution is 2.31. The third kappa shape index (κ3) is 4.31. The van der Waals surface area contributed by atoms with Crippen LogP contribution >= 0.6 is 0 Å². The van der Waals surface area contributed by atoms with E-state index in [9.17, 15) is 18.3 Å². The van der Waals surface area contributed by atoms with Crippen molar-refractivity contribution in [3.8, 4) is 0 Å². The van der Waals surface area contributed by atoms with Crippen LogP contribution in [0.25, 0.3) is 0 Å². The number of hydrogen-bond donors (Lipinski definition) is 1. The Morgan fingerprint density at radius 1 is 1.32 bits per heavy atom. The molecule has 1 aliphatic carbocycles.